The minimum Gasteiger partial charge on any atom is -0.465 e. The fourth-order valence-electron chi connectivity index (χ4n) is 4.00. The Kier molecular flexibility index (Phi) is 6.34. The van der Waals surface area contributed by atoms with Gasteiger partial charge in [-0.1, -0.05) is 11.8 Å². The van der Waals surface area contributed by atoms with Gasteiger partial charge in [0.05, 0.1) is 30.4 Å². The van der Waals surface area contributed by atoms with Crippen molar-refractivity contribution in [2.24, 2.45) is 0 Å². The van der Waals surface area contributed by atoms with Gasteiger partial charge in [0.2, 0.25) is 5.91 Å². The number of aromatic nitrogens is 2. The number of rotatable bonds is 7. The molecule has 4 heterocycles. The topological polar surface area (TPSA) is 110 Å². The molecule has 0 aliphatic heterocycles. The molecule has 0 fully saturated rings. The lowest BCUT2D eigenvalue weighted by molar-refractivity contribution is -0.115. The normalized spacial score (nSPS) is 13.9. The number of nitrogens with one attached hydrogen (secondary N) is 2. The molecule has 0 spiro atoms. The molecule has 34 heavy (non-hydrogen) atoms. The first-order valence-electron chi connectivity index (χ1n) is 10.9. The standard InChI is InChI=1S/C24H23N3O5S2/c1-13(21(28)27-22-18(23(29)30-2)14-7-3-4-10-17(14)34-22)33-24-25-19(15-8-5-11-31-15)20(26-24)16-9-6-12-32-16/h5-6,8-9,11-13H,3-4,7,10H2,1-2H3,(H,25,26)(H,27,28). The van der Waals surface area contributed by atoms with Gasteiger partial charge in [-0.05, 0) is 62.4 Å². The number of anilines is 1. The van der Waals surface area contributed by atoms with Gasteiger partial charge < -0.3 is 23.9 Å². The third-order valence-corrected chi connectivity index (χ3v) is 7.85. The molecule has 0 bridgehead atoms. The number of thiophene rings is 1. The zero-order chi connectivity index (χ0) is 23.7. The van der Waals surface area contributed by atoms with Crippen molar-refractivity contribution in [2.75, 3.05) is 12.4 Å². The number of aryl methyl sites for hydroxylation is 1. The van der Waals surface area contributed by atoms with E-state index in [1.807, 2.05) is 12.1 Å². The molecule has 1 amide bonds. The molecule has 8 nitrogen and oxygen atoms in total. The van der Waals surface area contributed by atoms with E-state index in [4.69, 9.17) is 13.6 Å². The van der Waals surface area contributed by atoms with Crippen LogP contribution in [0.1, 0.15) is 40.6 Å². The van der Waals surface area contributed by atoms with Crippen LogP contribution < -0.4 is 5.32 Å². The largest absolute Gasteiger partial charge is 0.465 e. The van der Waals surface area contributed by atoms with Gasteiger partial charge in [0.25, 0.3) is 0 Å². The van der Waals surface area contributed by atoms with Crippen molar-refractivity contribution in [2.45, 2.75) is 43.0 Å². The molecule has 1 aliphatic carbocycles. The number of ether oxygens (including phenoxy) is 1. The van der Waals surface area contributed by atoms with Gasteiger partial charge in [-0.15, -0.1) is 11.3 Å². The molecule has 1 atom stereocenters. The Morgan fingerprint density at radius 2 is 1.91 bits per heavy atom. The van der Waals surface area contributed by atoms with E-state index in [0.717, 1.165) is 36.1 Å². The highest BCUT2D eigenvalue weighted by Crippen LogP contribution is 2.39. The van der Waals surface area contributed by atoms with Crippen molar-refractivity contribution in [1.82, 2.24) is 9.97 Å². The summed E-state index contributed by atoms with van der Waals surface area (Å²) in [6, 6.07) is 7.24. The summed E-state index contributed by atoms with van der Waals surface area (Å²) in [6.45, 7) is 1.80. The predicted molar refractivity (Wildman–Crippen MR) is 130 cm³/mol. The molecule has 0 aromatic carbocycles. The van der Waals surface area contributed by atoms with Gasteiger partial charge in [0, 0.05) is 4.88 Å². The van der Waals surface area contributed by atoms with Gasteiger partial charge in [0.15, 0.2) is 16.7 Å². The number of carbonyl (C=O) groups excluding carboxylic acids is 2. The third kappa shape index (κ3) is 4.30. The number of imidazole rings is 1. The maximum atomic E-state index is 13.1. The number of esters is 1. The zero-order valence-electron chi connectivity index (χ0n) is 18.7. The van der Waals surface area contributed by atoms with Crippen LogP contribution in [0.25, 0.3) is 22.9 Å². The summed E-state index contributed by atoms with van der Waals surface area (Å²) >= 11 is 2.75. The Labute approximate surface area is 204 Å². The molecule has 0 saturated carbocycles. The zero-order valence-corrected chi connectivity index (χ0v) is 20.3. The lowest BCUT2D eigenvalue weighted by Crippen LogP contribution is -2.23. The van der Waals surface area contributed by atoms with Crippen LogP contribution in [0.2, 0.25) is 0 Å². The lowest BCUT2D eigenvalue weighted by atomic mass is 9.95. The van der Waals surface area contributed by atoms with Crippen LogP contribution in [-0.2, 0) is 22.4 Å². The van der Waals surface area contributed by atoms with Crippen molar-refractivity contribution in [3.63, 3.8) is 0 Å². The number of hydrogen-bond donors (Lipinski definition) is 2. The van der Waals surface area contributed by atoms with Crippen molar-refractivity contribution >= 4 is 40.0 Å². The Hall–Kier alpha value is -3.24. The Morgan fingerprint density at radius 1 is 1.18 bits per heavy atom. The molecule has 5 rings (SSSR count). The van der Waals surface area contributed by atoms with Crippen LogP contribution in [0.5, 0.6) is 0 Å². The summed E-state index contributed by atoms with van der Waals surface area (Å²) in [5.74, 6) is 0.588. The van der Waals surface area contributed by atoms with Gasteiger partial charge >= 0.3 is 5.97 Å². The van der Waals surface area contributed by atoms with E-state index >= 15 is 0 Å². The first-order valence-corrected chi connectivity index (χ1v) is 12.6. The molecule has 0 saturated heterocycles. The van der Waals surface area contributed by atoms with E-state index in [9.17, 15) is 9.59 Å². The van der Waals surface area contributed by atoms with Crippen molar-refractivity contribution < 1.29 is 23.2 Å². The highest BCUT2D eigenvalue weighted by Gasteiger charge is 2.28. The van der Waals surface area contributed by atoms with Crippen molar-refractivity contribution in [1.29, 1.82) is 0 Å². The molecular weight excluding hydrogens is 474 g/mol. The molecule has 176 valence electrons. The predicted octanol–water partition coefficient (Wildman–Crippen LogP) is 5.78. The minimum atomic E-state index is -0.482. The third-order valence-electron chi connectivity index (χ3n) is 5.66. The summed E-state index contributed by atoms with van der Waals surface area (Å²) in [4.78, 5) is 34.6. The summed E-state index contributed by atoms with van der Waals surface area (Å²) in [5.41, 5.74) is 2.78. The Balaban J connectivity index is 1.37. The fourth-order valence-corrected chi connectivity index (χ4v) is 6.09. The maximum Gasteiger partial charge on any atom is 0.341 e. The molecule has 1 unspecified atom stereocenters. The molecule has 4 aromatic rings. The number of carbonyl (C=O) groups is 2. The van der Waals surface area contributed by atoms with Gasteiger partial charge in [-0.3, -0.25) is 4.79 Å². The van der Waals surface area contributed by atoms with Crippen LogP contribution in [0.15, 0.2) is 50.8 Å². The quantitative estimate of drug-likeness (QED) is 0.246. The highest BCUT2D eigenvalue weighted by atomic mass is 32.2. The highest BCUT2D eigenvalue weighted by molar-refractivity contribution is 8.00. The molecule has 1 aliphatic rings. The van der Waals surface area contributed by atoms with Crippen LogP contribution in [0, 0.1) is 0 Å². The fraction of sp³-hybridized carbons (Fsp3) is 0.292. The molecular formula is C24H23N3O5S2. The van der Waals surface area contributed by atoms with E-state index in [-0.39, 0.29) is 5.91 Å². The number of hydrogen-bond acceptors (Lipinski definition) is 8. The number of aromatic amines is 1. The van der Waals surface area contributed by atoms with Gasteiger partial charge in [0.1, 0.15) is 16.4 Å². The van der Waals surface area contributed by atoms with Gasteiger partial charge in [-0.2, -0.15) is 0 Å². The number of nitrogens with zero attached hydrogens (tertiary/aromatic N) is 1. The van der Waals surface area contributed by atoms with Crippen LogP contribution in [0.4, 0.5) is 5.00 Å². The monoisotopic (exact) mass is 497 g/mol. The van der Waals surface area contributed by atoms with E-state index in [1.165, 1.54) is 30.2 Å². The van der Waals surface area contributed by atoms with Crippen LogP contribution in [-0.4, -0.2) is 34.2 Å². The summed E-state index contributed by atoms with van der Waals surface area (Å²) in [7, 11) is 1.36. The Morgan fingerprint density at radius 3 is 2.62 bits per heavy atom. The molecule has 2 N–H and O–H groups in total. The summed E-state index contributed by atoms with van der Waals surface area (Å²) in [6.07, 6.45) is 7.03. The number of H-pyrrole nitrogens is 1. The molecule has 4 aromatic heterocycles. The van der Waals surface area contributed by atoms with Crippen LogP contribution in [0.3, 0.4) is 0 Å². The first-order chi connectivity index (χ1) is 16.5. The lowest BCUT2D eigenvalue weighted by Gasteiger charge is -2.12. The summed E-state index contributed by atoms with van der Waals surface area (Å²) in [5, 5.41) is 3.59. The van der Waals surface area contributed by atoms with E-state index in [0.29, 0.717) is 38.6 Å². The van der Waals surface area contributed by atoms with Crippen LogP contribution >= 0.6 is 23.1 Å². The number of fused-ring (bicyclic) bond motifs is 1. The summed E-state index contributed by atoms with van der Waals surface area (Å²) < 4.78 is 16.1. The number of amides is 1. The number of thioether (sulfide) groups is 1. The Bertz CT molecular complexity index is 1250. The SMILES string of the molecule is COC(=O)c1c(NC(=O)C(C)Sc2nc(-c3ccco3)c(-c3ccco3)[nH]2)sc2c1CCCC2. The first kappa shape index (κ1) is 22.5. The molecule has 0 radical (unpaired) electrons. The second kappa shape index (κ2) is 9.55. The average Bonchev–Trinajstić information content (AvgIpc) is 3.64. The van der Waals surface area contributed by atoms with Gasteiger partial charge in [-0.25, -0.2) is 9.78 Å². The second-order valence-electron chi connectivity index (χ2n) is 7.88. The van der Waals surface area contributed by atoms with E-state index in [2.05, 4.69) is 15.3 Å². The smallest absolute Gasteiger partial charge is 0.341 e. The average molecular weight is 498 g/mol. The minimum absolute atomic E-state index is 0.218. The molecule has 10 heteroatoms. The number of furan rings is 2. The maximum absolute atomic E-state index is 13.1. The second-order valence-corrected chi connectivity index (χ2v) is 10.3. The van der Waals surface area contributed by atoms with Crippen molar-refractivity contribution in [3.05, 3.63) is 52.8 Å². The van der Waals surface area contributed by atoms with E-state index < -0.39 is 11.2 Å². The number of methoxy groups -OCH3 is 1. The van der Waals surface area contributed by atoms with Crippen molar-refractivity contribution in [3.8, 4) is 22.9 Å². The van der Waals surface area contributed by atoms with E-state index in [1.54, 1.807) is 31.6 Å².